The number of H-pyrrole nitrogens is 1. The van der Waals surface area contributed by atoms with Gasteiger partial charge >= 0.3 is 0 Å². The lowest BCUT2D eigenvalue weighted by molar-refractivity contribution is 0.0900. The molecular formula is C10H6Br3Cl2NO. The van der Waals surface area contributed by atoms with Crippen LogP contribution in [0.15, 0.2) is 36.8 Å². The molecule has 0 fully saturated rings. The smallest absolute Gasteiger partial charge is 0.144 e. The van der Waals surface area contributed by atoms with Gasteiger partial charge in [0, 0.05) is 5.03 Å². The molecule has 1 aliphatic rings. The minimum atomic E-state index is -1.33. The summed E-state index contributed by atoms with van der Waals surface area (Å²) in [5.41, 5.74) is -0.763. The van der Waals surface area contributed by atoms with Crippen molar-refractivity contribution in [3.63, 3.8) is 0 Å². The fraction of sp³-hybridized carbons (Fsp3) is 0.200. The van der Waals surface area contributed by atoms with E-state index in [4.69, 9.17) is 23.2 Å². The zero-order chi connectivity index (χ0) is 12.8. The van der Waals surface area contributed by atoms with Crippen molar-refractivity contribution in [3.05, 3.63) is 42.5 Å². The van der Waals surface area contributed by atoms with Gasteiger partial charge in [0.2, 0.25) is 0 Å². The van der Waals surface area contributed by atoms with E-state index in [2.05, 4.69) is 52.8 Å². The number of rotatable bonds is 1. The molecule has 2 N–H and O–H groups in total. The molecule has 2 unspecified atom stereocenters. The summed E-state index contributed by atoms with van der Waals surface area (Å²) in [4.78, 5) is 3.03. The predicted molar refractivity (Wildman–Crippen MR) is 80.5 cm³/mol. The number of hydrogen-bond donors (Lipinski definition) is 2. The van der Waals surface area contributed by atoms with Gasteiger partial charge in [-0.3, -0.25) is 0 Å². The van der Waals surface area contributed by atoms with Crippen LogP contribution in [0.4, 0.5) is 0 Å². The summed E-state index contributed by atoms with van der Waals surface area (Å²) in [6.45, 7) is 0. The summed E-state index contributed by atoms with van der Waals surface area (Å²) in [6.07, 6.45) is 4.79. The van der Waals surface area contributed by atoms with Crippen LogP contribution in [0.3, 0.4) is 0 Å². The van der Waals surface area contributed by atoms with Crippen LogP contribution in [-0.2, 0) is 5.60 Å². The van der Waals surface area contributed by atoms with Crippen LogP contribution < -0.4 is 0 Å². The third kappa shape index (κ3) is 2.42. The van der Waals surface area contributed by atoms with E-state index in [1.165, 1.54) is 0 Å². The van der Waals surface area contributed by atoms with E-state index < -0.39 is 11.0 Å². The number of aromatic amines is 1. The number of halogens is 5. The minimum absolute atomic E-state index is 0.510. The van der Waals surface area contributed by atoms with E-state index in [1.54, 1.807) is 18.2 Å². The van der Waals surface area contributed by atoms with Gasteiger partial charge in [0.05, 0.1) is 24.6 Å². The Kier molecular flexibility index (Phi) is 4.18. The van der Waals surface area contributed by atoms with Gasteiger partial charge < -0.3 is 10.1 Å². The quantitative estimate of drug-likeness (QED) is 0.574. The minimum Gasteiger partial charge on any atom is -0.378 e. The van der Waals surface area contributed by atoms with E-state index in [9.17, 15) is 5.11 Å². The number of nitrogens with one attached hydrogen (secondary N) is 1. The Morgan fingerprint density at radius 2 is 1.94 bits per heavy atom. The SMILES string of the molecule is OC1(c2[nH]c(Br)c(Br)c2Br)C=CC(Cl)=CC1Cl. The van der Waals surface area contributed by atoms with E-state index in [-0.39, 0.29) is 0 Å². The predicted octanol–water partition coefficient (Wildman–Crippen LogP) is 4.79. The average Bonchev–Trinajstić information content (AvgIpc) is 2.53. The van der Waals surface area contributed by atoms with E-state index in [1.807, 2.05) is 0 Å². The first-order chi connectivity index (χ1) is 7.86. The Hall–Kier alpha value is 0.740. The van der Waals surface area contributed by atoms with Crippen molar-refractivity contribution in [3.8, 4) is 0 Å². The molecular weight excluding hydrogens is 461 g/mol. The van der Waals surface area contributed by atoms with Crippen LogP contribution in [0.5, 0.6) is 0 Å². The van der Waals surface area contributed by atoms with Gasteiger partial charge in [-0.2, -0.15) is 0 Å². The Morgan fingerprint density at radius 1 is 1.29 bits per heavy atom. The van der Waals surface area contributed by atoms with Crippen LogP contribution in [0.2, 0.25) is 0 Å². The number of alkyl halides is 1. The molecule has 1 aliphatic carbocycles. The van der Waals surface area contributed by atoms with Gasteiger partial charge in [0.1, 0.15) is 5.60 Å². The third-order valence-corrected chi connectivity index (χ3v) is 6.42. The van der Waals surface area contributed by atoms with E-state index >= 15 is 0 Å². The molecule has 0 spiro atoms. The maximum absolute atomic E-state index is 10.6. The number of hydrogen-bond acceptors (Lipinski definition) is 1. The zero-order valence-corrected chi connectivity index (χ0v) is 14.4. The van der Waals surface area contributed by atoms with Crippen molar-refractivity contribution in [2.24, 2.45) is 0 Å². The second kappa shape index (κ2) is 5.02. The zero-order valence-electron chi connectivity index (χ0n) is 8.15. The maximum atomic E-state index is 10.6. The Balaban J connectivity index is 2.53. The molecule has 2 atom stereocenters. The van der Waals surface area contributed by atoms with Crippen LogP contribution in [-0.4, -0.2) is 15.5 Å². The van der Waals surface area contributed by atoms with Crippen LogP contribution in [0.1, 0.15) is 5.69 Å². The lowest BCUT2D eigenvalue weighted by atomic mass is 9.91. The lowest BCUT2D eigenvalue weighted by Gasteiger charge is -2.30. The first-order valence-corrected chi connectivity index (χ1v) is 7.71. The third-order valence-electron chi connectivity index (χ3n) is 2.46. The standard InChI is InChI=1S/C10H6Br3Cl2NO/c11-6-7(12)9(13)16-8(6)10(17)2-1-4(14)3-5(10)15/h1-3,5,16-17H. The van der Waals surface area contributed by atoms with Gasteiger partial charge in [-0.05, 0) is 66.0 Å². The molecule has 7 heteroatoms. The molecule has 2 rings (SSSR count). The molecule has 0 radical (unpaired) electrons. The van der Waals surface area contributed by atoms with Gasteiger partial charge in [-0.15, -0.1) is 11.6 Å². The molecule has 1 heterocycles. The summed E-state index contributed by atoms with van der Waals surface area (Å²) >= 11 is 22.1. The van der Waals surface area contributed by atoms with Crippen LogP contribution in [0.25, 0.3) is 0 Å². The highest BCUT2D eigenvalue weighted by molar-refractivity contribution is 9.14. The molecule has 0 bridgehead atoms. The summed E-state index contributed by atoms with van der Waals surface area (Å²) in [6, 6.07) is 0. The monoisotopic (exact) mass is 463 g/mol. The van der Waals surface area contributed by atoms with Crippen molar-refractivity contribution in [1.82, 2.24) is 4.98 Å². The second-order valence-electron chi connectivity index (χ2n) is 3.55. The summed E-state index contributed by atoms with van der Waals surface area (Å²) in [7, 11) is 0. The molecule has 1 aromatic rings. The number of allylic oxidation sites excluding steroid dienone is 2. The fourth-order valence-corrected chi connectivity index (χ4v) is 3.69. The summed E-state index contributed by atoms with van der Waals surface area (Å²) in [5.74, 6) is 0. The van der Waals surface area contributed by atoms with Crippen molar-refractivity contribution in [2.75, 3.05) is 0 Å². The Bertz CT molecular complexity index is 526. The highest BCUT2D eigenvalue weighted by Gasteiger charge is 2.39. The molecule has 0 aliphatic heterocycles. The Morgan fingerprint density at radius 3 is 2.41 bits per heavy atom. The second-order valence-corrected chi connectivity index (χ2v) is 6.84. The summed E-state index contributed by atoms with van der Waals surface area (Å²) in [5, 5.41) is 10.5. The Labute approximate surface area is 133 Å². The molecule has 0 saturated carbocycles. The van der Waals surface area contributed by atoms with Crippen molar-refractivity contribution in [1.29, 1.82) is 0 Å². The maximum Gasteiger partial charge on any atom is 0.144 e. The fourth-order valence-electron chi connectivity index (χ4n) is 1.54. The first kappa shape index (κ1) is 14.2. The van der Waals surface area contributed by atoms with Crippen molar-refractivity contribution < 1.29 is 5.11 Å². The normalized spacial score (nSPS) is 28.4. The van der Waals surface area contributed by atoms with Gasteiger partial charge in [-0.25, -0.2) is 0 Å². The van der Waals surface area contributed by atoms with Gasteiger partial charge in [0.15, 0.2) is 0 Å². The molecule has 1 aromatic heterocycles. The van der Waals surface area contributed by atoms with Crippen molar-refractivity contribution >= 4 is 71.0 Å². The highest BCUT2D eigenvalue weighted by Crippen LogP contribution is 2.43. The first-order valence-electron chi connectivity index (χ1n) is 4.52. The number of aliphatic hydroxyl groups is 1. The summed E-state index contributed by atoms with van der Waals surface area (Å²) < 4.78 is 2.23. The largest absolute Gasteiger partial charge is 0.378 e. The number of aromatic nitrogens is 1. The highest BCUT2D eigenvalue weighted by atomic mass is 79.9. The molecule has 0 amide bonds. The molecule has 92 valence electrons. The van der Waals surface area contributed by atoms with Gasteiger partial charge in [0.25, 0.3) is 0 Å². The van der Waals surface area contributed by atoms with E-state index in [0.717, 1.165) is 9.08 Å². The lowest BCUT2D eigenvalue weighted by Crippen LogP contribution is -2.35. The van der Waals surface area contributed by atoms with Crippen LogP contribution in [0, 0.1) is 0 Å². The molecule has 0 saturated heterocycles. The van der Waals surface area contributed by atoms with Crippen molar-refractivity contribution in [2.45, 2.75) is 11.0 Å². The molecule has 0 aromatic carbocycles. The average molecular weight is 467 g/mol. The molecule has 2 nitrogen and oxygen atoms in total. The van der Waals surface area contributed by atoms with Gasteiger partial charge in [-0.1, -0.05) is 11.6 Å². The topological polar surface area (TPSA) is 36.0 Å². The van der Waals surface area contributed by atoms with Crippen LogP contribution >= 0.6 is 71.0 Å². The van der Waals surface area contributed by atoms with E-state index in [0.29, 0.717) is 15.2 Å². The molecule has 17 heavy (non-hydrogen) atoms.